The number of halogens is 1. The quantitative estimate of drug-likeness (QED) is 0.838. The standard InChI is InChI=1S/C18H18FNO4S/c1-3-25(22,23)15-7-8-17-16(10-15)20(18(21)12(2)24-17)11-13-5-4-6-14(19)9-13/h4-10,12H,3,11H2,1-2H3. The zero-order chi connectivity index (χ0) is 18.2. The molecule has 1 aliphatic heterocycles. The second-order valence-electron chi connectivity index (χ2n) is 5.85. The number of carbonyl (C=O) groups is 1. The minimum absolute atomic E-state index is 0.0408. The third kappa shape index (κ3) is 3.37. The normalized spacial score (nSPS) is 17.2. The van der Waals surface area contributed by atoms with E-state index in [1.807, 2.05) is 0 Å². The molecule has 3 rings (SSSR count). The largest absolute Gasteiger partial charge is 0.479 e. The van der Waals surface area contributed by atoms with Gasteiger partial charge in [0.1, 0.15) is 11.6 Å². The van der Waals surface area contributed by atoms with Crippen molar-refractivity contribution in [1.29, 1.82) is 0 Å². The van der Waals surface area contributed by atoms with Crippen LogP contribution in [0.3, 0.4) is 0 Å². The van der Waals surface area contributed by atoms with Gasteiger partial charge in [0.2, 0.25) is 0 Å². The lowest BCUT2D eigenvalue weighted by molar-refractivity contribution is -0.125. The fraction of sp³-hybridized carbons (Fsp3) is 0.278. The zero-order valence-electron chi connectivity index (χ0n) is 13.9. The Morgan fingerprint density at radius 3 is 2.64 bits per heavy atom. The average Bonchev–Trinajstić information content (AvgIpc) is 2.58. The molecule has 25 heavy (non-hydrogen) atoms. The molecule has 1 atom stereocenters. The predicted octanol–water partition coefficient (Wildman–Crippen LogP) is 2.93. The van der Waals surface area contributed by atoms with Crippen LogP contribution < -0.4 is 9.64 Å². The Kier molecular flexibility index (Phi) is 4.51. The van der Waals surface area contributed by atoms with Crippen molar-refractivity contribution >= 4 is 21.4 Å². The van der Waals surface area contributed by atoms with E-state index in [1.165, 1.54) is 29.2 Å². The van der Waals surface area contributed by atoms with E-state index < -0.39 is 21.8 Å². The summed E-state index contributed by atoms with van der Waals surface area (Å²) < 4.78 is 43.3. The molecular formula is C18H18FNO4S. The topological polar surface area (TPSA) is 63.7 Å². The van der Waals surface area contributed by atoms with Crippen molar-refractivity contribution in [3.63, 3.8) is 0 Å². The Labute approximate surface area is 145 Å². The molecular weight excluding hydrogens is 345 g/mol. The first-order valence-corrected chi connectivity index (χ1v) is 9.56. The molecule has 7 heteroatoms. The lowest BCUT2D eigenvalue weighted by Crippen LogP contribution is -2.44. The summed E-state index contributed by atoms with van der Waals surface area (Å²) in [5, 5.41) is 0. The van der Waals surface area contributed by atoms with Crippen LogP contribution in [0.15, 0.2) is 47.4 Å². The number of nitrogens with zero attached hydrogens (tertiary/aromatic N) is 1. The summed E-state index contributed by atoms with van der Waals surface area (Å²) in [6, 6.07) is 10.4. The number of anilines is 1. The molecule has 0 aromatic heterocycles. The maximum absolute atomic E-state index is 13.4. The first kappa shape index (κ1) is 17.4. The van der Waals surface area contributed by atoms with Gasteiger partial charge in [-0.1, -0.05) is 19.1 Å². The molecule has 0 saturated carbocycles. The summed E-state index contributed by atoms with van der Waals surface area (Å²) >= 11 is 0. The van der Waals surface area contributed by atoms with Crippen LogP contribution in [0, 0.1) is 5.82 Å². The van der Waals surface area contributed by atoms with Crippen LogP contribution >= 0.6 is 0 Å². The van der Waals surface area contributed by atoms with E-state index in [2.05, 4.69) is 0 Å². The Morgan fingerprint density at radius 2 is 1.96 bits per heavy atom. The molecule has 1 amide bonds. The van der Waals surface area contributed by atoms with Crippen molar-refractivity contribution in [1.82, 2.24) is 0 Å². The number of sulfone groups is 1. The minimum atomic E-state index is -3.42. The number of fused-ring (bicyclic) bond motifs is 1. The summed E-state index contributed by atoms with van der Waals surface area (Å²) in [5.74, 6) is -0.309. The fourth-order valence-corrected chi connectivity index (χ4v) is 3.63. The number of rotatable bonds is 4. The van der Waals surface area contributed by atoms with Gasteiger partial charge in [0.25, 0.3) is 5.91 Å². The van der Waals surface area contributed by atoms with Crippen LogP contribution in [0.4, 0.5) is 10.1 Å². The molecule has 5 nitrogen and oxygen atoms in total. The van der Waals surface area contributed by atoms with E-state index in [0.29, 0.717) is 17.0 Å². The number of ether oxygens (including phenoxy) is 1. The van der Waals surface area contributed by atoms with Gasteiger partial charge in [-0.05, 0) is 42.8 Å². The molecule has 0 saturated heterocycles. The van der Waals surface area contributed by atoms with Gasteiger partial charge in [-0.3, -0.25) is 4.79 Å². The van der Waals surface area contributed by atoms with E-state index in [4.69, 9.17) is 4.74 Å². The Balaban J connectivity index is 2.06. The maximum atomic E-state index is 13.4. The molecule has 0 fully saturated rings. The molecule has 0 bridgehead atoms. The molecule has 0 N–H and O–H groups in total. The van der Waals surface area contributed by atoms with Crippen LogP contribution in [0.2, 0.25) is 0 Å². The van der Waals surface area contributed by atoms with Gasteiger partial charge in [0.15, 0.2) is 15.9 Å². The van der Waals surface area contributed by atoms with Crippen molar-refractivity contribution in [2.75, 3.05) is 10.7 Å². The Morgan fingerprint density at radius 1 is 1.20 bits per heavy atom. The zero-order valence-corrected chi connectivity index (χ0v) is 14.7. The molecule has 2 aromatic carbocycles. The summed E-state index contributed by atoms with van der Waals surface area (Å²) in [7, 11) is -3.42. The average molecular weight is 363 g/mol. The fourth-order valence-electron chi connectivity index (χ4n) is 2.73. The number of benzene rings is 2. The number of amides is 1. The van der Waals surface area contributed by atoms with E-state index in [1.54, 1.807) is 32.0 Å². The third-order valence-corrected chi connectivity index (χ3v) is 5.84. The number of hydrogen-bond donors (Lipinski definition) is 0. The van der Waals surface area contributed by atoms with Gasteiger partial charge < -0.3 is 9.64 Å². The van der Waals surface area contributed by atoms with Crippen molar-refractivity contribution in [2.24, 2.45) is 0 Å². The molecule has 0 radical (unpaired) electrons. The second kappa shape index (κ2) is 6.48. The van der Waals surface area contributed by atoms with E-state index in [0.717, 1.165) is 0 Å². The SMILES string of the molecule is CCS(=O)(=O)c1ccc2c(c1)N(Cc1cccc(F)c1)C(=O)C(C)O2. The molecule has 0 spiro atoms. The lowest BCUT2D eigenvalue weighted by atomic mass is 10.1. The van der Waals surface area contributed by atoms with E-state index in [-0.39, 0.29) is 23.1 Å². The van der Waals surface area contributed by atoms with Crippen LogP contribution in [-0.2, 0) is 21.2 Å². The van der Waals surface area contributed by atoms with Gasteiger partial charge in [0.05, 0.1) is 22.9 Å². The highest BCUT2D eigenvalue weighted by Crippen LogP contribution is 2.37. The Bertz CT molecular complexity index is 926. The third-order valence-electron chi connectivity index (χ3n) is 4.11. The lowest BCUT2D eigenvalue weighted by Gasteiger charge is -2.33. The maximum Gasteiger partial charge on any atom is 0.268 e. The molecule has 0 aliphatic carbocycles. The second-order valence-corrected chi connectivity index (χ2v) is 8.13. The summed E-state index contributed by atoms with van der Waals surface area (Å²) in [4.78, 5) is 14.1. The molecule has 2 aromatic rings. The van der Waals surface area contributed by atoms with Gasteiger partial charge >= 0.3 is 0 Å². The first-order chi connectivity index (χ1) is 11.8. The van der Waals surface area contributed by atoms with E-state index in [9.17, 15) is 17.6 Å². The highest BCUT2D eigenvalue weighted by Gasteiger charge is 2.32. The molecule has 132 valence electrons. The van der Waals surface area contributed by atoms with Crippen LogP contribution in [0.5, 0.6) is 5.75 Å². The van der Waals surface area contributed by atoms with Gasteiger partial charge in [-0.2, -0.15) is 0 Å². The van der Waals surface area contributed by atoms with Crippen LogP contribution in [0.1, 0.15) is 19.4 Å². The predicted molar refractivity (Wildman–Crippen MR) is 91.8 cm³/mol. The minimum Gasteiger partial charge on any atom is -0.479 e. The Hall–Kier alpha value is -2.41. The van der Waals surface area contributed by atoms with Crippen LogP contribution in [0.25, 0.3) is 0 Å². The van der Waals surface area contributed by atoms with Crippen molar-refractivity contribution < 1.29 is 22.3 Å². The highest BCUT2D eigenvalue weighted by molar-refractivity contribution is 7.91. The summed E-state index contributed by atoms with van der Waals surface area (Å²) in [5.41, 5.74) is 0.985. The monoisotopic (exact) mass is 363 g/mol. The molecule has 1 heterocycles. The van der Waals surface area contributed by atoms with Gasteiger partial charge in [-0.15, -0.1) is 0 Å². The van der Waals surface area contributed by atoms with Crippen LogP contribution in [-0.4, -0.2) is 26.2 Å². The number of carbonyl (C=O) groups excluding carboxylic acids is 1. The van der Waals surface area contributed by atoms with Crippen molar-refractivity contribution in [3.8, 4) is 5.75 Å². The van der Waals surface area contributed by atoms with Gasteiger partial charge in [-0.25, -0.2) is 12.8 Å². The first-order valence-electron chi connectivity index (χ1n) is 7.91. The van der Waals surface area contributed by atoms with E-state index >= 15 is 0 Å². The van der Waals surface area contributed by atoms with Crippen molar-refractivity contribution in [3.05, 3.63) is 53.8 Å². The summed E-state index contributed by atoms with van der Waals surface area (Å²) in [6.07, 6.45) is -0.699. The smallest absolute Gasteiger partial charge is 0.268 e. The summed E-state index contributed by atoms with van der Waals surface area (Å²) in [6.45, 7) is 3.32. The van der Waals surface area contributed by atoms with Crippen molar-refractivity contribution in [2.45, 2.75) is 31.4 Å². The van der Waals surface area contributed by atoms with Gasteiger partial charge in [0, 0.05) is 0 Å². The molecule has 1 unspecified atom stereocenters. The highest BCUT2D eigenvalue weighted by atomic mass is 32.2. The number of hydrogen-bond acceptors (Lipinski definition) is 4. The molecule has 1 aliphatic rings.